The van der Waals surface area contributed by atoms with Gasteiger partial charge in [-0.15, -0.1) is 0 Å². The van der Waals surface area contributed by atoms with E-state index in [0.29, 0.717) is 17.5 Å². The van der Waals surface area contributed by atoms with Crippen molar-refractivity contribution in [2.24, 2.45) is 5.92 Å². The predicted octanol–water partition coefficient (Wildman–Crippen LogP) is 4.84. The highest BCUT2D eigenvalue weighted by molar-refractivity contribution is 5.59. The molecule has 1 rings (SSSR count). The fourth-order valence-electron chi connectivity index (χ4n) is 2.35. The van der Waals surface area contributed by atoms with Gasteiger partial charge in [0.25, 0.3) is 5.69 Å². The first-order chi connectivity index (χ1) is 9.38. The van der Waals surface area contributed by atoms with Gasteiger partial charge in [0.2, 0.25) is 0 Å². The number of nitrogens with zero attached hydrogens (tertiary/aromatic N) is 1. The van der Waals surface area contributed by atoms with Crippen LogP contribution < -0.4 is 5.32 Å². The van der Waals surface area contributed by atoms with E-state index in [2.05, 4.69) is 26.1 Å². The van der Waals surface area contributed by atoms with Gasteiger partial charge in [-0.25, -0.2) is 0 Å². The molecule has 0 spiro atoms. The maximum atomic E-state index is 10.9. The molecule has 2 unspecified atom stereocenters. The molecule has 4 heteroatoms. The first-order valence-electron chi connectivity index (χ1n) is 7.41. The molecule has 0 saturated carbocycles. The summed E-state index contributed by atoms with van der Waals surface area (Å²) in [5.41, 5.74) is 2.86. The summed E-state index contributed by atoms with van der Waals surface area (Å²) in [5.74, 6) is 0.687. The minimum absolute atomic E-state index is 0.197. The van der Waals surface area contributed by atoms with E-state index >= 15 is 0 Å². The smallest absolute Gasteiger partial charge is 0.272 e. The molecule has 0 saturated heterocycles. The highest BCUT2D eigenvalue weighted by Crippen LogP contribution is 2.27. The lowest BCUT2D eigenvalue weighted by Gasteiger charge is -2.22. The van der Waals surface area contributed by atoms with Crippen molar-refractivity contribution < 1.29 is 4.92 Å². The number of nitro benzene ring substituents is 1. The van der Waals surface area contributed by atoms with E-state index < -0.39 is 0 Å². The van der Waals surface area contributed by atoms with Crippen LogP contribution >= 0.6 is 0 Å². The molecule has 4 nitrogen and oxygen atoms in total. The topological polar surface area (TPSA) is 55.2 Å². The summed E-state index contributed by atoms with van der Waals surface area (Å²) in [5, 5.41) is 14.5. The maximum Gasteiger partial charge on any atom is 0.272 e. The molecule has 0 bridgehead atoms. The predicted molar refractivity (Wildman–Crippen MR) is 84.3 cm³/mol. The summed E-state index contributed by atoms with van der Waals surface area (Å²) in [7, 11) is 0. The van der Waals surface area contributed by atoms with Gasteiger partial charge in [-0.05, 0) is 44.2 Å². The van der Waals surface area contributed by atoms with Crippen LogP contribution in [0.2, 0.25) is 0 Å². The van der Waals surface area contributed by atoms with Gasteiger partial charge in [0.15, 0.2) is 0 Å². The van der Waals surface area contributed by atoms with E-state index in [1.165, 1.54) is 6.42 Å². The number of aryl methyl sites for hydroxylation is 2. The Morgan fingerprint density at radius 1 is 1.20 bits per heavy atom. The Balaban J connectivity index is 2.91. The molecule has 0 aliphatic carbocycles. The highest BCUT2D eigenvalue weighted by atomic mass is 16.6. The van der Waals surface area contributed by atoms with Crippen molar-refractivity contribution in [1.82, 2.24) is 0 Å². The Bertz CT molecular complexity index is 472. The number of hydrogen-bond acceptors (Lipinski definition) is 3. The van der Waals surface area contributed by atoms with E-state index in [1.54, 1.807) is 13.0 Å². The number of benzene rings is 1. The standard InChI is InChI=1S/C16H26N2O2/c1-6-11(3)8-14(7-2)17-15-9-13(5)16(18(19)20)10-12(15)4/h9-11,14,17H,6-8H2,1-5H3. The van der Waals surface area contributed by atoms with Gasteiger partial charge < -0.3 is 5.32 Å². The first kappa shape index (κ1) is 16.5. The van der Waals surface area contributed by atoms with Gasteiger partial charge in [0, 0.05) is 23.4 Å². The molecule has 0 aliphatic heterocycles. The van der Waals surface area contributed by atoms with E-state index in [9.17, 15) is 10.1 Å². The van der Waals surface area contributed by atoms with Gasteiger partial charge in [-0.3, -0.25) is 10.1 Å². The molecular formula is C16H26N2O2. The molecule has 112 valence electrons. The van der Waals surface area contributed by atoms with Crippen LogP contribution in [0, 0.1) is 29.9 Å². The van der Waals surface area contributed by atoms with Crippen molar-refractivity contribution in [3.8, 4) is 0 Å². The highest BCUT2D eigenvalue weighted by Gasteiger charge is 2.16. The number of nitro groups is 1. The minimum atomic E-state index is -0.317. The normalized spacial score (nSPS) is 13.8. The zero-order chi connectivity index (χ0) is 15.3. The van der Waals surface area contributed by atoms with Gasteiger partial charge in [-0.1, -0.05) is 27.2 Å². The lowest BCUT2D eigenvalue weighted by Crippen LogP contribution is -2.21. The summed E-state index contributed by atoms with van der Waals surface area (Å²) < 4.78 is 0. The SMILES string of the molecule is CCC(C)CC(CC)Nc1cc(C)c([N+](=O)[O-])cc1C. The zero-order valence-electron chi connectivity index (χ0n) is 13.2. The molecule has 2 atom stereocenters. The van der Waals surface area contributed by atoms with E-state index in [-0.39, 0.29) is 10.6 Å². The largest absolute Gasteiger partial charge is 0.382 e. The van der Waals surface area contributed by atoms with Crippen LogP contribution in [-0.4, -0.2) is 11.0 Å². The molecule has 20 heavy (non-hydrogen) atoms. The minimum Gasteiger partial charge on any atom is -0.382 e. The van der Waals surface area contributed by atoms with Gasteiger partial charge in [0.05, 0.1) is 4.92 Å². The fraction of sp³-hybridized carbons (Fsp3) is 0.625. The third-order valence-electron chi connectivity index (χ3n) is 3.98. The lowest BCUT2D eigenvalue weighted by atomic mass is 9.97. The number of nitrogens with one attached hydrogen (secondary N) is 1. The second-order valence-electron chi connectivity index (χ2n) is 5.71. The van der Waals surface area contributed by atoms with Crippen LogP contribution in [0.4, 0.5) is 11.4 Å². The van der Waals surface area contributed by atoms with Gasteiger partial charge >= 0.3 is 0 Å². The second kappa shape index (κ2) is 7.27. The molecule has 0 radical (unpaired) electrons. The van der Waals surface area contributed by atoms with Crippen molar-refractivity contribution >= 4 is 11.4 Å². The summed E-state index contributed by atoms with van der Waals surface area (Å²) in [6.07, 6.45) is 3.36. The van der Waals surface area contributed by atoms with Crippen molar-refractivity contribution in [1.29, 1.82) is 0 Å². The Morgan fingerprint density at radius 2 is 1.85 bits per heavy atom. The molecule has 1 N–H and O–H groups in total. The number of rotatable bonds is 7. The van der Waals surface area contributed by atoms with Crippen LogP contribution in [0.3, 0.4) is 0 Å². The Kier molecular flexibility index (Phi) is 5.99. The summed E-state index contributed by atoms with van der Waals surface area (Å²) in [6.45, 7) is 10.4. The summed E-state index contributed by atoms with van der Waals surface area (Å²) in [4.78, 5) is 10.6. The lowest BCUT2D eigenvalue weighted by molar-refractivity contribution is -0.385. The van der Waals surface area contributed by atoms with Crippen LogP contribution in [0.1, 0.15) is 51.2 Å². The average molecular weight is 278 g/mol. The zero-order valence-corrected chi connectivity index (χ0v) is 13.2. The molecule has 0 aromatic heterocycles. The molecule has 0 heterocycles. The van der Waals surface area contributed by atoms with Crippen molar-refractivity contribution in [2.45, 2.75) is 59.9 Å². The Hall–Kier alpha value is -1.58. The molecule has 1 aromatic carbocycles. The van der Waals surface area contributed by atoms with Crippen LogP contribution in [0.5, 0.6) is 0 Å². The molecule has 0 fully saturated rings. The summed E-state index contributed by atoms with van der Waals surface area (Å²) >= 11 is 0. The molecule has 1 aromatic rings. The number of anilines is 1. The van der Waals surface area contributed by atoms with Gasteiger partial charge in [-0.2, -0.15) is 0 Å². The Labute approximate surface area is 121 Å². The first-order valence-corrected chi connectivity index (χ1v) is 7.41. The number of hydrogen-bond donors (Lipinski definition) is 1. The van der Waals surface area contributed by atoms with Crippen molar-refractivity contribution in [3.05, 3.63) is 33.4 Å². The third-order valence-corrected chi connectivity index (χ3v) is 3.98. The van der Waals surface area contributed by atoms with Crippen LogP contribution in [0.15, 0.2) is 12.1 Å². The van der Waals surface area contributed by atoms with Crippen molar-refractivity contribution in [2.75, 3.05) is 5.32 Å². The fourth-order valence-corrected chi connectivity index (χ4v) is 2.35. The third kappa shape index (κ3) is 4.22. The van der Waals surface area contributed by atoms with Crippen LogP contribution in [-0.2, 0) is 0 Å². The average Bonchev–Trinajstić information content (AvgIpc) is 2.40. The quantitative estimate of drug-likeness (QED) is 0.573. The van der Waals surface area contributed by atoms with Crippen molar-refractivity contribution in [3.63, 3.8) is 0 Å². The van der Waals surface area contributed by atoms with E-state index in [0.717, 1.165) is 24.1 Å². The molecule has 0 aliphatic rings. The molecule has 0 amide bonds. The summed E-state index contributed by atoms with van der Waals surface area (Å²) in [6, 6.07) is 3.98. The second-order valence-corrected chi connectivity index (χ2v) is 5.71. The van der Waals surface area contributed by atoms with E-state index in [1.807, 2.05) is 13.0 Å². The van der Waals surface area contributed by atoms with Crippen LogP contribution in [0.25, 0.3) is 0 Å². The molecular weight excluding hydrogens is 252 g/mol. The van der Waals surface area contributed by atoms with Gasteiger partial charge in [0.1, 0.15) is 0 Å². The monoisotopic (exact) mass is 278 g/mol. The maximum absolute atomic E-state index is 10.9. The van der Waals surface area contributed by atoms with E-state index in [4.69, 9.17) is 0 Å². The Morgan fingerprint density at radius 3 is 2.35 bits per heavy atom.